The Hall–Kier alpha value is -3.17. The van der Waals surface area contributed by atoms with Crippen LogP contribution in [0, 0.1) is 16.0 Å². The molecule has 0 unspecified atom stereocenters. The van der Waals surface area contributed by atoms with Gasteiger partial charge in [-0.2, -0.15) is 0 Å². The van der Waals surface area contributed by atoms with Gasteiger partial charge in [0.1, 0.15) is 0 Å². The van der Waals surface area contributed by atoms with Gasteiger partial charge in [-0.15, -0.1) is 0 Å². The van der Waals surface area contributed by atoms with Gasteiger partial charge in [0.05, 0.1) is 31.1 Å². The molecule has 158 valence electrons. The molecule has 2 amide bonds. The van der Waals surface area contributed by atoms with Crippen LogP contribution in [0.5, 0.6) is 5.75 Å². The molecule has 0 saturated carbocycles. The van der Waals surface area contributed by atoms with Gasteiger partial charge < -0.3 is 19.3 Å². The van der Waals surface area contributed by atoms with E-state index in [1.807, 2.05) is 0 Å². The number of esters is 1. The standard InChI is InChI=1S/C19H25N3O7/c1-4-29-19(25)13-7-9-21(10-8-13)17(23)12-20(2)18(24)14-5-6-16(28-3)15(11-14)22(26)27/h5-6,11,13H,4,7-10,12H2,1-3H3. The summed E-state index contributed by atoms with van der Waals surface area (Å²) in [5.41, 5.74) is -0.229. The third-order valence-corrected chi connectivity index (χ3v) is 4.81. The van der Waals surface area contributed by atoms with Crippen molar-refractivity contribution in [3.05, 3.63) is 33.9 Å². The van der Waals surface area contributed by atoms with E-state index in [-0.39, 0.29) is 41.3 Å². The van der Waals surface area contributed by atoms with E-state index in [9.17, 15) is 24.5 Å². The van der Waals surface area contributed by atoms with Crippen molar-refractivity contribution in [3.63, 3.8) is 0 Å². The number of piperidine rings is 1. The number of ether oxygens (including phenoxy) is 2. The number of benzene rings is 1. The molecule has 1 aliphatic heterocycles. The molecule has 0 radical (unpaired) electrons. The Kier molecular flexibility index (Phi) is 7.52. The quantitative estimate of drug-likeness (QED) is 0.381. The van der Waals surface area contributed by atoms with Crippen LogP contribution < -0.4 is 4.74 Å². The Bertz CT molecular complexity index is 788. The third-order valence-electron chi connectivity index (χ3n) is 4.81. The van der Waals surface area contributed by atoms with Crippen LogP contribution in [0.25, 0.3) is 0 Å². The van der Waals surface area contributed by atoms with E-state index >= 15 is 0 Å². The Morgan fingerprint density at radius 3 is 2.48 bits per heavy atom. The minimum Gasteiger partial charge on any atom is -0.490 e. The zero-order valence-corrected chi connectivity index (χ0v) is 16.8. The van der Waals surface area contributed by atoms with E-state index in [0.717, 1.165) is 6.07 Å². The number of carbonyl (C=O) groups is 3. The van der Waals surface area contributed by atoms with Gasteiger partial charge in [0.25, 0.3) is 5.91 Å². The smallest absolute Gasteiger partial charge is 0.311 e. The third kappa shape index (κ3) is 5.43. The summed E-state index contributed by atoms with van der Waals surface area (Å²) in [6.07, 6.45) is 1.04. The molecular weight excluding hydrogens is 382 g/mol. The fourth-order valence-corrected chi connectivity index (χ4v) is 3.19. The Morgan fingerprint density at radius 2 is 1.93 bits per heavy atom. The van der Waals surface area contributed by atoms with Crippen LogP contribution in [0.3, 0.4) is 0 Å². The summed E-state index contributed by atoms with van der Waals surface area (Å²) in [6, 6.07) is 3.90. The van der Waals surface area contributed by atoms with Crippen molar-refractivity contribution in [2.45, 2.75) is 19.8 Å². The van der Waals surface area contributed by atoms with Crippen molar-refractivity contribution in [1.29, 1.82) is 0 Å². The molecule has 1 fully saturated rings. The second-order valence-corrected chi connectivity index (χ2v) is 6.71. The number of rotatable bonds is 7. The molecule has 10 heteroatoms. The van der Waals surface area contributed by atoms with Gasteiger partial charge in [0, 0.05) is 31.8 Å². The van der Waals surface area contributed by atoms with Gasteiger partial charge in [-0.25, -0.2) is 0 Å². The fraction of sp³-hybridized carbons (Fsp3) is 0.526. The molecule has 29 heavy (non-hydrogen) atoms. The zero-order valence-electron chi connectivity index (χ0n) is 16.8. The molecule has 1 heterocycles. The number of amides is 2. The van der Waals surface area contributed by atoms with Crippen LogP contribution in [0.1, 0.15) is 30.1 Å². The number of hydrogen-bond donors (Lipinski definition) is 0. The zero-order chi connectivity index (χ0) is 21.6. The number of nitro benzene ring substituents is 1. The number of methoxy groups -OCH3 is 1. The highest BCUT2D eigenvalue weighted by molar-refractivity contribution is 5.97. The first kappa shape index (κ1) is 22.1. The Morgan fingerprint density at radius 1 is 1.28 bits per heavy atom. The number of hydrogen-bond acceptors (Lipinski definition) is 7. The largest absolute Gasteiger partial charge is 0.490 e. The monoisotopic (exact) mass is 407 g/mol. The van der Waals surface area contributed by atoms with Crippen molar-refractivity contribution in [1.82, 2.24) is 9.80 Å². The van der Waals surface area contributed by atoms with E-state index < -0.39 is 10.8 Å². The van der Waals surface area contributed by atoms with Gasteiger partial charge in [-0.3, -0.25) is 24.5 Å². The second kappa shape index (κ2) is 9.85. The Balaban J connectivity index is 1.96. The van der Waals surface area contributed by atoms with Gasteiger partial charge in [0.15, 0.2) is 5.75 Å². The lowest BCUT2D eigenvalue weighted by molar-refractivity contribution is -0.385. The summed E-state index contributed by atoms with van der Waals surface area (Å²) in [4.78, 5) is 50.2. The van der Waals surface area contributed by atoms with Crippen molar-refractivity contribution < 1.29 is 28.8 Å². The first-order valence-electron chi connectivity index (χ1n) is 9.30. The maximum Gasteiger partial charge on any atom is 0.311 e. The van der Waals surface area contributed by atoms with Crippen LogP contribution in [-0.2, 0) is 14.3 Å². The molecule has 0 aromatic heterocycles. The summed E-state index contributed by atoms with van der Waals surface area (Å²) in [5.74, 6) is -1.15. The molecule has 2 rings (SSSR count). The first-order valence-corrected chi connectivity index (χ1v) is 9.30. The molecule has 0 bridgehead atoms. The van der Waals surface area contributed by atoms with Gasteiger partial charge >= 0.3 is 11.7 Å². The molecular formula is C19H25N3O7. The van der Waals surface area contributed by atoms with Crippen molar-refractivity contribution in [2.75, 3.05) is 40.4 Å². The van der Waals surface area contributed by atoms with E-state index in [1.165, 1.54) is 31.2 Å². The number of carbonyl (C=O) groups excluding carboxylic acids is 3. The lowest BCUT2D eigenvalue weighted by Gasteiger charge is -2.32. The summed E-state index contributed by atoms with van der Waals surface area (Å²) >= 11 is 0. The van der Waals surface area contributed by atoms with Crippen LogP contribution in [0.4, 0.5) is 5.69 Å². The molecule has 1 saturated heterocycles. The maximum atomic E-state index is 12.6. The summed E-state index contributed by atoms with van der Waals surface area (Å²) < 4.78 is 9.94. The lowest BCUT2D eigenvalue weighted by Crippen LogP contribution is -2.45. The summed E-state index contributed by atoms with van der Waals surface area (Å²) in [7, 11) is 2.77. The molecule has 0 N–H and O–H groups in total. The van der Waals surface area contributed by atoms with Crippen LogP contribution in [0.2, 0.25) is 0 Å². The average Bonchev–Trinajstić information content (AvgIpc) is 2.72. The topological polar surface area (TPSA) is 119 Å². The maximum absolute atomic E-state index is 12.6. The minimum absolute atomic E-state index is 0.0507. The predicted molar refractivity (Wildman–Crippen MR) is 103 cm³/mol. The molecule has 1 aromatic carbocycles. The van der Waals surface area contributed by atoms with E-state index in [0.29, 0.717) is 32.5 Å². The van der Waals surface area contributed by atoms with Crippen LogP contribution in [-0.4, -0.2) is 72.9 Å². The number of likely N-dealkylation sites (tertiary alicyclic amines) is 1. The second-order valence-electron chi connectivity index (χ2n) is 6.71. The number of nitro groups is 1. The average molecular weight is 407 g/mol. The van der Waals surface area contributed by atoms with Crippen LogP contribution >= 0.6 is 0 Å². The SMILES string of the molecule is CCOC(=O)C1CCN(C(=O)CN(C)C(=O)c2ccc(OC)c([N+](=O)[O-])c2)CC1. The molecule has 1 aliphatic rings. The molecule has 0 aliphatic carbocycles. The summed E-state index contributed by atoms with van der Waals surface area (Å²) in [5, 5.41) is 11.1. The van der Waals surface area contributed by atoms with Crippen molar-refractivity contribution in [3.8, 4) is 5.75 Å². The predicted octanol–water partition coefficient (Wildman–Crippen LogP) is 1.48. The van der Waals surface area contributed by atoms with Gasteiger partial charge in [0.2, 0.25) is 5.91 Å². The van der Waals surface area contributed by atoms with Crippen molar-refractivity contribution >= 4 is 23.5 Å². The highest BCUT2D eigenvalue weighted by Crippen LogP contribution is 2.28. The van der Waals surface area contributed by atoms with Gasteiger partial charge in [-0.1, -0.05) is 0 Å². The molecule has 0 spiro atoms. The summed E-state index contributed by atoms with van der Waals surface area (Å²) in [6.45, 7) is 2.74. The van der Waals surface area contributed by atoms with Gasteiger partial charge in [-0.05, 0) is 31.9 Å². The van der Waals surface area contributed by atoms with Crippen LogP contribution in [0.15, 0.2) is 18.2 Å². The number of likely N-dealkylation sites (N-methyl/N-ethyl adjacent to an activating group) is 1. The highest BCUT2D eigenvalue weighted by atomic mass is 16.6. The molecule has 10 nitrogen and oxygen atoms in total. The highest BCUT2D eigenvalue weighted by Gasteiger charge is 2.29. The Labute approximate surface area is 168 Å². The molecule has 1 aromatic rings. The first-order chi connectivity index (χ1) is 13.8. The fourth-order valence-electron chi connectivity index (χ4n) is 3.19. The minimum atomic E-state index is -0.630. The normalized spacial score (nSPS) is 14.2. The van der Waals surface area contributed by atoms with E-state index in [4.69, 9.17) is 9.47 Å². The number of nitrogens with zero attached hydrogens (tertiary/aromatic N) is 3. The van der Waals surface area contributed by atoms with E-state index in [1.54, 1.807) is 11.8 Å². The van der Waals surface area contributed by atoms with E-state index in [2.05, 4.69) is 0 Å². The lowest BCUT2D eigenvalue weighted by atomic mass is 9.97. The molecule has 0 atom stereocenters. The van der Waals surface area contributed by atoms with Crippen molar-refractivity contribution in [2.24, 2.45) is 5.92 Å².